The first-order valence-electron chi connectivity index (χ1n) is 4.19. The van der Waals surface area contributed by atoms with E-state index in [1.54, 1.807) is 0 Å². The van der Waals surface area contributed by atoms with Crippen LogP contribution in [0.25, 0.3) is 0 Å². The molecule has 0 bridgehead atoms. The first-order chi connectivity index (χ1) is 7.15. The van der Waals surface area contributed by atoms with E-state index in [-0.39, 0.29) is 17.8 Å². The van der Waals surface area contributed by atoms with Gasteiger partial charge < -0.3 is 15.8 Å². The number of rotatable bonds is 3. The van der Waals surface area contributed by atoms with Crippen LogP contribution < -0.4 is 11.1 Å². The van der Waals surface area contributed by atoms with Gasteiger partial charge in [0.1, 0.15) is 6.54 Å². The molecule has 0 radical (unpaired) electrons. The van der Waals surface area contributed by atoms with E-state index in [1.165, 1.54) is 25.6 Å². The summed E-state index contributed by atoms with van der Waals surface area (Å²) in [5.41, 5.74) is 6.07. The van der Waals surface area contributed by atoms with E-state index in [0.29, 0.717) is 0 Å². The fourth-order valence-electron chi connectivity index (χ4n) is 0.933. The summed E-state index contributed by atoms with van der Waals surface area (Å²) < 4.78 is 4.37. The molecule has 15 heavy (non-hydrogen) atoms. The molecule has 0 saturated heterocycles. The lowest BCUT2D eigenvalue weighted by Crippen LogP contribution is -2.30. The van der Waals surface area contributed by atoms with Crippen molar-refractivity contribution in [3.05, 3.63) is 24.0 Å². The second kappa shape index (κ2) is 4.94. The molecule has 1 rings (SSSR count). The van der Waals surface area contributed by atoms with Gasteiger partial charge in [-0.2, -0.15) is 0 Å². The van der Waals surface area contributed by atoms with Gasteiger partial charge in [0.25, 0.3) is 5.91 Å². The van der Waals surface area contributed by atoms with E-state index in [2.05, 4.69) is 15.0 Å². The number of esters is 1. The van der Waals surface area contributed by atoms with Crippen molar-refractivity contribution in [2.75, 3.05) is 19.4 Å². The number of ether oxygens (including phenoxy) is 1. The maximum Gasteiger partial charge on any atom is 0.325 e. The van der Waals surface area contributed by atoms with E-state index < -0.39 is 11.9 Å². The van der Waals surface area contributed by atoms with E-state index >= 15 is 0 Å². The number of nitrogens with two attached hydrogens (primary N) is 1. The molecular formula is C9H11N3O3. The average Bonchev–Trinajstić information content (AvgIpc) is 2.26. The van der Waals surface area contributed by atoms with Crippen molar-refractivity contribution in [2.45, 2.75) is 0 Å². The Hall–Kier alpha value is -2.11. The molecule has 0 fully saturated rings. The van der Waals surface area contributed by atoms with Crippen LogP contribution in [0.5, 0.6) is 0 Å². The Morgan fingerprint density at radius 1 is 1.60 bits per heavy atom. The van der Waals surface area contributed by atoms with Crippen molar-refractivity contribution in [1.82, 2.24) is 10.3 Å². The molecule has 6 heteroatoms. The minimum atomic E-state index is -0.518. The topological polar surface area (TPSA) is 94.3 Å². The van der Waals surface area contributed by atoms with Crippen molar-refractivity contribution in [1.29, 1.82) is 0 Å². The van der Waals surface area contributed by atoms with Crippen LogP contribution in [0.3, 0.4) is 0 Å². The molecule has 1 aromatic rings. The Morgan fingerprint density at radius 2 is 2.33 bits per heavy atom. The summed E-state index contributed by atoms with van der Waals surface area (Å²) in [4.78, 5) is 26.0. The Bertz CT molecular complexity index is 379. The maximum absolute atomic E-state index is 11.5. The third-order valence-electron chi connectivity index (χ3n) is 1.72. The molecule has 1 heterocycles. The van der Waals surface area contributed by atoms with Gasteiger partial charge in [-0.3, -0.25) is 14.6 Å². The van der Waals surface area contributed by atoms with Gasteiger partial charge in [-0.05, 0) is 6.07 Å². The van der Waals surface area contributed by atoms with Gasteiger partial charge in [-0.1, -0.05) is 0 Å². The molecule has 0 aliphatic rings. The monoisotopic (exact) mass is 209 g/mol. The molecule has 3 N–H and O–H groups in total. The van der Waals surface area contributed by atoms with Crippen molar-refractivity contribution in [3.63, 3.8) is 0 Å². The van der Waals surface area contributed by atoms with E-state index in [0.717, 1.165) is 0 Å². The van der Waals surface area contributed by atoms with E-state index in [1.807, 2.05) is 0 Å². The minimum Gasteiger partial charge on any atom is -0.468 e. The highest BCUT2D eigenvalue weighted by Gasteiger charge is 2.10. The van der Waals surface area contributed by atoms with Gasteiger partial charge in [-0.15, -0.1) is 0 Å². The summed E-state index contributed by atoms with van der Waals surface area (Å²) in [5.74, 6) is -0.948. The summed E-state index contributed by atoms with van der Waals surface area (Å²) in [6, 6.07) is 1.47. The lowest BCUT2D eigenvalue weighted by molar-refractivity contribution is -0.139. The summed E-state index contributed by atoms with van der Waals surface area (Å²) >= 11 is 0. The number of amides is 1. The third kappa shape index (κ3) is 2.94. The molecule has 1 amide bonds. The second-order valence-corrected chi connectivity index (χ2v) is 2.72. The third-order valence-corrected chi connectivity index (χ3v) is 1.72. The van der Waals surface area contributed by atoms with Gasteiger partial charge in [-0.25, -0.2) is 0 Å². The van der Waals surface area contributed by atoms with Crippen LogP contribution in [0, 0.1) is 0 Å². The lowest BCUT2D eigenvalue weighted by Gasteiger charge is -2.05. The molecule has 0 unspecified atom stereocenters. The Labute approximate surface area is 86.4 Å². The summed E-state index contributed by atoms with van der Waals surface area (Å²) in [6.07, 6.45) is 2.82. The largest absolute Gasteiger partial charge is 0.468 e. The van der Waals surface area contributed by atoms with E-state index in [4.69, 9.17) is 5.73 Å². The first-order valence-corrected chi connectivity index (χ1v) is 4.19. The van der Waals surface area contributed by atoms with Crippen molar-refractivity contribution < 1.29 is 14.3 Å². The molecule has 0 spiro atoms. The quantitative estimate of drug-likeness (QED) is 0.658. The lowest BCUT2D eigenvalue weighted by atomic mass is 10.2. The zero-order valence-corrected chi connectivity index (χ0v) is 8.19. The number of nitrogen functional groups attached to an aromatic ring is 1. The number of nitrogens with one attached hydrogen (secondary N) is 1. The molecule has 0 aromatic carbocycles. The summed E-state index contributed by atoms with van der Waals surface area (Å²) in [5, 5.41) is 2.37. The Balaban J connectivity index is 2.62. The van der Waals surface area contributed by atoms with E-state index in [9.17, 15) is 9.59 Å². The zero-order valence-electron chi connectivity index (χ0n) is 8.19. The molecule has 0 atom stereocenters. The van der Waals surface area contributed by atoms with Crippen LogP contribution in [0.1, 0.15) is 10.4 Å². The number of anilines is 1. The molecule has 1 aromatic heterocycles. The second-order valence-electron chi connectivity index (χ2n) is 2.72. The number of pyridine rings is 1. The van der Waals surface area contributed by atoms with Gasteiger partial charge in [0.2, 0.25) is 0 Å². The predicted molar refractivity (Wildman–Crippen MR) is 53.0 cm³/mol. The Kier molecular flexibility index (Phi) is 3.61. The van der Waals surface area contributed by atoms with Crippen LogP contribution >= 0.6 is 0 Å². The molecular weight excluding hydrogens is 198 g/mol. The SMILES string of the molecule is COC(=O)CNC(=O)c1ccncc1N. The molecule has 6 nitrogen and oxygen atoms in total. The van der Waals surface area contributed by atoms with Crippen LogP contribution in [-0.2, 0) is 9.53 Å². The molecule has 0 aliphatic heterocycles. The number of carbonyl (C=O) groups is 2. The van der Waals surface area contributed by atoms with Crippen molar-refractivity contribution >= 4 is 17.6 Å². The number of hydrogen-bond donors (Lipinski definition) is 2. The maximum atomic E-state index is 11.5. The fraction of sp³-hybridized carbons (Fsp3) is 0.222. The average molecular weight is 209 g/mol. The summed E-state index contributed by atoms with van der Waals surface area (Å²) in [7, 11) is 1.25. The summed E-state index contributed by atoms with van der Waals surface area (Å²) in [6.45, 7) is -0.183. The number of nitrogens with zero attached hydrogens (tertiary/aromatic N) is 1. The zero-order chi connectivity index (χ0) is 11.3. The normalized spacial score (nSPS) is 9.40. The van der Waals surface area contributed by atoms with Crippen LogP contribution in [0.2, 0.25) is 0 Å². The number of methoxy groups -OCH3 is 1. The van der Waals surface area contributed by atoms with Crippen molar-refractivity contribution in [2.24, 2.45) is 0 Å². The minimum absolute atomic E-state index is 0.183. The van der Waals surface area contributed by atoms with Gasteiger partial charge >= 0.3 is 5.97 Å². The predicted octanol–water partition coefficient (Wildman–Crippen LogP) is -0.433. The standard InChI is InChI=1S/C9H11N3O3/c1-15-8(13)5-12-9(14)6-2-3-11-4-7(6)10/h2-4H,5,10H2,1H3,(H,12,14). The molecule has 0 aliphatic carbocycles. The highest BCUT2D eigenvalue weighted by atomic mass is 16.5. The number of hydrogen-bond acceptors (Lipinski definition) is 5. The number of aromatic nitrogens is 1. The van der Waals surface area contributed by atoms with Crippen LogP contribution in [0.4, 0.5) is 5.69 Å². The van der Waals surface area contributed by atoms with Crippen LogP contribution in [-0.4, -0.2) is 30.5 Å². The van der Waals surface area contributed by atoms with Crippen LogP contribution in [0.15, 0.2) is 18.5 Å². The van der Waals surface area contributed by atoms with Gasteiger partial charge in [0.05, 0.1) is 24.6 Å². The molecule has 80 valence electrons. The first kappa shape index (κ1) is 11.0. The highest BCUT2D eigenvalue weighted by Crippen LogP contribution is 2.07. The Morgan fingerprint density at radius 3 is 2.93 bits per heavy atom. The van der Waals surface area contributed by atoms with Gasteiger partial charge in [0.15, 0.2) is 0 Å². The van der Waals surface area contributed by atoms with Gasteiger partial charge in [0, 0.05) is 6.20 Å². The fourth-order valence-corrected chi connectivity index (χ4v) is 0.933. The highest BCUT2D eigenvalue weighted by molar-refractivity contribution is 6.00. The molecule has 0 saturated carbocycles. The number of carbonyl (C=O) groups excluding carboxylic acids is 2. The van der Waals surface area contributed by atoms with Crippen molar-refractivity contribution in [3.8, 4) is 0 Å². The smallest absolute Gasteiger partial charge is 0.325 e.